The van der Waals surface area contributed by atoms with Crippen molar-refractivity contribution in [3.8, 4) is 0 Å². The van der Waals surface area contributed by atoms with Gasteiger partial charge in [-0.2, -0.15) is 0 Å². The highest BCUT2D eigenvalue weighted by molar-refractivity contribution is 6.31. The highest BCUT2D eigenvalue weighted by atomic mass is 35.5. The van der Waals surface area contributed by atoms with Crippen molar-refractivity contribution in [3.05, 3.63) is 59.1 Å². The SMILES string of the molecule is CC(=O)N(CCC(=O)Nc1cc(Cl)ccc1C)c1ccccc1. The number of nitrogens with one attached hydrogen (secondary N) is 1. The maximum absolute atomic E-state index is 12.1. The van der Waals surface area contributed by atoms with E-state index < -0.39 is 0 Å². The van der Waals surface area contributed by atoms with Crippen molar-refractivity contribution < 1.29 is 9.59 Å². The standard InChI is InChI=1S/C18H19ClN2O2/c1-13-8-9-15(19)12-17(13)20-18(23)10-11-21(14(2)22)16-6-4-3-5-7-16/h3-9,12H,10-11H2,1-2H3,(H,20,23). The van der Waals surface area contributed by atoms with E-state index in [1.807, 2.05) is 43.3 Å². The van der Waals surface area contributed by atoms with Gasteiger partial charge in [-0.1, -0.05) is 35.9 Å². The number of anilines is 2. The van der Waals surface area contributed by atoms with Crippen LogP contribution in [0.1, 0.15) is 18.9 Å². The zero-order chi connectivity index (χ0) is 16.8. The van der Waals surface area contributed by atoms with Crippen LogP contribution < -0.4 is 10.2 Å². The molecule has 2 rings (SSSR count). The fourth-order valence-electron chi connectivity index (χ4n) is 2.23. The second-order valence-electron chi connectivity index (χ2n) is 5.26. The van der Waals surface area contributed by atoms with E-state index in [-0.39, 0.29) is 18.2 Å². The number of para-hydroxylation sites is 1. The van der Waals surface area contributed by atoms with Gasteiger partial charge in [0.25, 0.3) is 0 Å². The summed E-state index contributed by atoms with van der Waals surface area (Å²) < 4.78 is 0. The average Bonchev–Trinajstić information content (AvgIpc) is 2.52. The Balaban J connectivity index is 1.99. The molecule has 2 aromatic rings. The lowest BCUT2D eigenvalue weighted by molar-refractivity contribution is -0.117. The summed E-state index contributed by atoms with van der Waals surface area (Å²) in [7, 11) is 0. The molecule has 0 saturated heterocycles. The van der Waals surface area contributed by atoms with Crippen LogP contribution in [0.25, 0.3) is 0 Å². The molecule has 0 heterocycles. The molecule has 0 bridgehead atoms. The van der Waals surface area contributed by atoms with Crippen molar-refractivity contribution in [2.24, 2.45) is 0 Å². The summed E-state index contributed by atoms with van der Waals surface area (Å²) in [4.78, 5) is 25.5. The molecular formula is C18H19ClN2O2. The molecule has 0 spiro atoms. The molecule has 1 N–H and O–H groups in total. The normalized spacial score (nSPS) is 10.2. The zero-order valence-corrected chi connectivity index (χ0v) is 13.9. The molecule has 0 atom stereocenters. The van der Waals surface area contributed by atoms with Crippen molar-refractivity contribution in [2.45, 2.75) is 20.3 Å². The van der Waals surface area contributed by atoms with Gasteiger partial charge in [-0.25, -0.2) is 0 Å². The summed E-state index contributed by atoms with van der Waals surface area (Å²) in [6.45, 7) is 3.72. The fourth-order valence-corrected chi connectivity index (χ4v) is 2.40. The summed E-state index contributed by atoms with van der Waals surface area (Å²) in [5, 5.41) is 3.41. The molecule has 4 nitrogen and oxygen atoms in total. The van der Waals surface area contributed by atoms with Crippen LogP contribution in [0.3, 0.4) is 0 Å². The minimum absolute atomic E-state index is 0.0945. The quantitative estimate of drug-likeness (QED) is 0.899. The fraction of sp³-hybridized carbons (Fsp3) is 0.222. The highest BCUT2D eigenvalue weighted by Crippen LogP contribution is 2.20. The number of halogens is 1. The van der Waals surface area contributed by atoms with Crippen LogP contribution in [0.2, 0.25) is 5.02 Å². The van der Waals surface area contributed by atoms with Gasteiger partial charge in [-0.3, -0.25) is 9.59 Å². The Morgan fingerprint density at radius 3 is 2.48 bits per heavy atom. The maximum Gasteiger partial charge on any atom is 0.226 e. The molecule has 2 aromatic carbocycles. The molecule has 0 aromatic heterocycles. The van der Waals surface area contributed by atoms with Gasteiger partial charge >= 0.3 is 0 Å². The van der Waals surface area contributed by atoms with Crippen LogP contribution in [-0.4, -0.2) is 18.4 Å². The number of carbonyl (C=O) groups excluding carboxylic acids is 2. The molecule has 0 fully saturated rings. The van der Waals surface area contributed by atoms with Crippen LogP contribution in [-0.2, 0) is 9.59 Å². The van der Waals surface area contributed by atoms with E-state index in [2.05, 4.69) is 5.32 Å². The number of hydrogen-bond donors (Lipinski definition) is 1. The third-order valence-electron chi connectivity index (χ3n) is 3.48. The van der Waals surface area contributed by atoms with E-state index in [1.54, 1.807) is 17.0 Å². The smallest absolute Gasteiger partial charge is 0.226 e. The molecule has 0 aliphatic rings. The van der Waals surface area contributed by atoms with Crippen molar-refractivity contribution >= 4 is 34.8 Å². The summed E-state index contributed by atoms with van der Waals surface area (Å²) in [5.74, 6) is -0.250. The maximum atomic E-state index is 12.1. The Labute approximate surface area is 141 Å². The number of carbonyl (C=O) groups is 2. The number of amides is 2. The van der Waals surface area contributed by atoms with Crippen LogP contribution >= 0.6 is 11.6 Å². The lowest BCUT2D eigenvalue weighted by Crippen LogP contribution is -2.31. The second-order valence-corrected chi connectivity index (χ2v) is 5.70. The Morgan fingerprint density at radius 1 is 1.13 bits per heavy atom. The molecule has 0 aliphatic carbocycles. The Hall–Kier alpha value is -2.33. The third kappa shape index (κ3) is 4.83. The first-order chi connectivity index (χ1) is 11.0. The van der Waals surface area contributed by atoms with E-state index in [1.165, 1.54) is 6.92 Å². The molecule has 0 aliphatic heterocycles. The highest BCUT2D eigenvalue weighted by Gasteiger charge is 2.13. The van der Waals surface area contributed by atoms with Gasteiger partial charge < -0.3 is 10.2 Å². The number of nitrogens with zero attached hydrogens (tertiary/aromatic N) is 1. The van der Waals surface area contributed by atoms with Crippen molar-refractivity contribution in [1.82, 2.24) is 0 Å². The van der Waals surface area contributed by atoms with Crippen LogP contribution in [0.4, 0.5) is 11.4 Å². The minimum Gasteiger partial charge on any atom is -0.326 e. The van der Waals surface area contributed by atoms with Gasteiger partial charge in [0.1, 0.15) is 0 Å². The zero-order valence-electron chi connectivity index (χ0n) is 13.2. The first-order valence-corrected chi connectivity index (χ1v) is 7.74. The first kappa shape index (κ1) is 17.0. The second kappa shape index (κ2) is 7.79. The number of aryl methyl sites for hydroxylation is 1. The third-order valence-corrected chi connectivity index (χ3v) is 3.72. The molecular weight excluding hydrogens is 312 g/mol. The van der Waals surface area contributed by atoms with Gasteiger partial charge in [-0.15, -0.1) is 0 Å². The number of rotatable bonds is 5. The Bertz CT molecular complexity index is 701. The summed E-state index contributed by atoms with van der Waals surface area (Å²) in [6, 6.07) is 14.6. The first-order valence-electron chi connectivity index (χ1n) is 7.36. The van der Waals surface area contributed by atoms with Crippen LogP contribution in [0, 0.1) is 6.92 Å². The van der Waals surface area contributed by atoms with Crippen LogP contribution in [0.5, 0.6) is 0 Å². The monoisotopic (exact) mass is 330 g/mol. The number of hydrogen-bond acceptors (Lipinski definition) is 2. The molecule has 120 valence electrons. The molecule has 5 heteroatoms. The predicted molar refractivity (Wildman–Crippen MR) is 93.9 cm³/mol. The van der Waals surface area contributed by atoms with E-state index in [9.17, 15) is 9.59 Å². The van der Waals surface area contributed by atoms with Gasteiger partial charge in [-0.05, 0) is 36.8 Å². The van der Waals surface area contributed by atoms with E-state index >= 15 is 0 Å². The largest absolute Gasteiger partial charge is 0.326 e. The lowest BCUT2D eigenvalue weighted by Gasteiger charge is -2.21. The molecule has 2 amide bonds. The predicted octanol–water partition coefficient (Wildman–Crippen LogP) is 4.03. The van der Waals surface area contributed by atoms with Crippen molar-refractivity contribution in [1.29, 1.82) is 0 Å². The van der Waals surface area contributed by atoms with Crippen LogP contribution in [0.15, 0.2) is 48.5 Å². The molecule has 23 heavy (non-hydrogen) atoms. The van der Waals surface area contributed by atoms with E-state index in [0.29, 0.717) is 17.3 Å². The minimum atomic E-state index is -0.155. The van der Waals surface area contributed by atoms with E-state index in [0.717, 1.165) is 11.3 Å². The summed E-state index contributed by atoms with van der Waals surface area (Å²) in [5.41, 5.74) is 2.41. The molecule has 0 saturated carbocycles. The summed E-state index contributed by atoms with van der Waals surface area (Å²) >= 11 is 5.95. The van der Waals surface area contributed by atoms with Gasteiger partial charge in [0.2, 0.25) is 11.8 Å². The van der Waals surface area contributed by atoms with Gasteiger partial charge in [0.15, 0.2) is 0 Å². The van der Waals surface area contributed by atoms with Gasteiger partial charge in [0, 0.05) is 36.3 Å². The van der Waals surface area contributed by atoms with E-state index in [4.69, 9.17) is 11.6 Å². The van der Waals surface area contributed by atoms with Gasteiger partial charge in [0.05, 0.1) is 0 Å². The average molecular weight is 331 g/mol. The number of benzene rings is 2. The Kier molecular flexibility index (Phi) is 5.77. The van der Waals surface area contributed by atoms with Crippen molar-refractivity contribution in [3.63, 3.8) is 0 Å². The molecule has 0 radical (unpaired) electrons. The topological polar surface area (TPSA) is 49.4 Å². The summed E-state index contributed by atoms with van der Waals surface area (Å²) in [6.07, 6.45) is 0.209. The molecule has 0 unspecified atom stereocenters. The Morgan fingerprint density at radius 2 is 1.83 bits per heavy atom. The lowest BCUT2D eigenvalue weighted by atomic mass is 10.2. The van der Waals surface area contributed by atoms with Crippen molar-refractivity contribution in [2.75, 3.05) is 16.8 Å².